The summed E-state index contributed by atoms with van der Waals surface area (Å²) in [6.07, 6.45) is 1.57. The Morgan fingerprint density at radius 3 is 2.19 bits per heavy atom. The Hall–Kier alpha value is -3.22. The van der Waals surface area contributed by atoms with Crippen molar-refractivity contribution in [1.29, 1.82) is 0 Å². The molecule has 2 aromatic rings. The van der Waals surface area contributed by atoms with E-state index in [1.807, 2.05) is 49.1 Å². The number of amides is 3. The van der Waals surface area contributed by atoms with E-state index in [0.29, 0.717) is 37.9 Å². The molecule has 6 nitrogen and oxygen atoms in total. The lowest BCUT2D eigenvalue weighted by Crippen LogP contribution is -2.54. The van der Waals surface area contributed by atoms with Crippen LogP contribution in [0.4, 0.5) is 4.39 Å². The van der Waals surface area contributed by atoms with Crippen molar-refractivity contribution < 1.29 is 18.8 Å². The van der Waals surface area contributed by atoms with E-state index >= 15 is 0 Å². The van der Waals surface area contributed by atoms with Crippen LogP contribution in [0.2, 0.25) is 0 Å². The number of nitrogens with zero attached hydrogens (tertiary/aromatic N) is 1. The largest absolute Gasteiger partial charge is 0.352 e. The third-order valence-electron chi connectivity index (χ3n) is 5.67. The highest BCUT2D eigenvalue weighted by Crippen LogP contribution is 2.22. The molecule has 3 rings (SSSR count). The van der Waals surface area contributed by atoms with E-state index in [9.17, 15) is 18.8 Å². The molecule has 0 spiro atoms. The molecule has 1 aliphatic rings. The Morgan fingerprint density at radius 1 is 0.969 bits per heavy atom. The summed E-state index contributed by atoms with van der Waals surface area (Å²) in [7, 11) is 0. The van der Waals surface area contributed by atoms with Crippen molar-refractivity contribution in [3.8, 4) is 0 Å². The third kappa shape index (κ3) is 6.39. The minimum absolute atomic E-state index is 0.0631. The Kier molecular flexibility index (Phi) is 7.98. The summed E-state index contributed by atoms with van der Waals surface area (Å²) in [5.41, 5.74) is 1.27. The number of carbonyl (C=O) groups is 3. The summed E-state index contributed by atoms with van der Waals surface area (Å²) in [4.78, 5) is 40.0. The van der Waals surface area contributed by atoms with Crippen LogP contribution in [0, 0.1) is 11.7 Å². The Labute approximate surface area is 188 Å². The zero-order valence-electron chi connectivity index (χ0n) is 18.5. The molecule has 32 heavy (non-hydrogen) atoms. The first-order chi connectivity index (χ1) is 15.3. The number of nitrogens with one attached hydrogen (secondary N) is 2. The topological polar surface area (TPSA) is 78.5 Å². The monoisotopic (exact) mass is 439 g/mol. The van der Waals surface area contributed by atoms with E-state index in [2.05, 4.69) is 10.6 Å². The molecule has 1 fully saturated rings. The maximum Gasteiger partial charge on any atom is 0.251 e. The van der Waals surface area contributed by atoms with Crippen LogP contribution >= 0.6 is 0 Å². The van der Waals surface area contributed by atoms with E-state index in [4.69, 9.17) is 0 Å². The highest BCUT2D eigenvalue weighted by Gasteiger charge is 2.34. The van der Waals surface area contributed by atoms with Crippen LogP contribution in [-0.2, 0) is 16.0 Å². The lowest BCUT2D eigenvalue weighted by molar-refractivity contribution is -0.132. The first-order valence-corrected chi connectivity index (χ1v) is 11.0. The average Bonchev–Trinajstić information content (AvgIpc) is 2.78. The second-order valence-corrected chi connectivity index (χ2v) is 8.50. The van der Waals surface area contributed by atoms with Crippen molar-refractivity contribution in [3.05, 3.63) is 71.5 Å². The molecule has 2 aromatic carbocycles. The SMILES string of the molecule is CC(C)NC(=O)[C@H](NC(=O)c1ccc(F)cc1)C1CCN(C(=O)Cc2ccccc2)CC1. The fourth-order valence-electron chi connectivity index (χ4n) is 3.96. The first kappa shape index (κ1) is 23.4. The molecule has 1 saturated heterocycles. The molecule has 170 valence electrons. The minimum Gasteiger partial charge on any atom is -0.352 e. The van der Waals surface area contributed by atoms with Gasteiger partial charge in [0.05, 0.1) is 6.42 Å². The number of benzene rings is 2. The fraction of sp³-hybridized carbons (Fsp3) is 0.400. The van der Waals surface area contributed by atoms with Gasteiger partial charge in [0.25, 0.3) is 5.91 Å². The van der Waals surface area contributed by atoms with Gasteiger partial charge >= 0.3 is 0 Å². The van der Waals surface area contributed by atoms with E-state index < -0.39 is 17.8 Å². The number of halogens is 1. The number of hydrogen-bond donors (Lipinski definition) is 2. The molecule has 3 amide bonds. The van der Waals surface area contributed by atoms with Gasteiger partial charge in [-0.15, -0.1) is 0 Å². The number of rotatable bonds is 7. The first-order valence-electron chi connectivity index (χ1n) is 11.0. The highest BCUT2D eigenvalue weighted by atomic mass is 19.1. The van der Waals surface area contributed by atoms with Gasteiger partial charge in [-0.1, -0.05) is 30.3 Å². The summed E-state index contributed by atoms with van der Waals surface area (Å²) in [6.45, 7) is 4.80. The molecule has 0 unspecified atom stereocenters. The zero-order chi connectivity index (χ0) is 23.1. The molecule has 0 saturated carbocycles. The van der Waals surface area contributed by atoms with Crippen LogP contribution in [0.3, 0.4) is 0 Å². The average molecular weight is 440 g/mol. The zero-order valence-corrected chi connectivity index (χ0v) is 18.5. The van der Waals surface area contributed by atoms with Gasteiger partial charge in [-0.2, -0.15) is 0 Å². The standard InChI is InChI=1S/C25H30FN3O3/c1-17(2)27-25(32)23(28-24(31)20-8-10-21(26)11-9-20)19-12-14-29(15-13-19)22(30)16-18-6-4-3-5-7-18/h3-11,17,19,23H,12-16H2,1-2H3,(H,27,32)(H,28,31)/t23-/m1/s1. The maximum atomic E-state index is 13.2. The predicted octanol–water partition coefficient (Wildman–Crippen LogP) is 2.93. The summed E-state index contributed by atoms with van der Waals surface area (Å²) in [6, 6.07) is 14.0. The molecule has 1 aliphatic heterocycles. The molecule has 2 N–H and O–H groups in total. The molecule has 0 bridgehead atoms. The van der Waals surface area contributed by atoms with Crippen LogP contribution < -0.4 is 10.6 Å². The van der Waals surface area contributed by atoms with Crippen molar-refractivity contribution in [3.63, 3.8) is 0 Å². The number of piperidine rings is 1. The highest BCUT2D eigenvalue weighted by molar-refractivity contribution is 5.97. The van der Waals surface area contributed by atoms with Crippen LogP contribution in [0.5, 0.6) is 0 Å². The summed E-state index contributed by atoms with van der Waals surface area (Å²) < 4.78 is 13.2. The molecule has 0 radical (unpaired) electrons. The Bertz CT molecular complexity index is 923. The van der Waals surface area contributed by atoms with Gasteiger partial charge in [-0.25, -0.2) is 4.39 Å². The quantitative estimate of drug-likeness (QED) is 0.696. The van der Waals surface area contributed by atoms with Gasteiger partial charge in [-0.3, -0.25) is 14.4 Å². The van der Waals surface area contributed by atoms with E-state index in [1.54, 1.807) is 0 Å². The molecule has 0 aliphatic carbocycles. The van der Waals surface area contributed by atoms with Crippen LogP contribution in [0.25, 0.3) is 0 Å². The van der Waals surface area contributed by atoms with Crippen LogP contribution in [0.1, 0.15) is 42.6 Å². The summed E-state index contributed by atoms with van der Waals surface area (Å²) in [5.74, 6) is -1.13. The Morgan fingerprint density at radius 2 is 1.59 bits per heavy atom. The number of likely N-dealkylation sites (tertiary alicyclic amines) is 1. The minimum atomic E-state index is -0.721. The molecule has 1 atom stereocenters. The maximum absolute atomic E-state index is 13.2. The number of carbonyl (C=O) groups excluding carboxylic acids is 3. The van der Waals surface area contributed by atoms with Crippen molar-refractivity contribution in [2.45, 2.75) is 45.2 Å². The van der Waals surface area contributed by atoms with E-state index in [-0.39, 0.29) is 23.8 Å². The van der Waals surface area contributed by atoms with Crippen molar-refractivity contribution in [2.24, 2.45) is 5.92 Å². The molecule has 0 aromatic heterocycles. The lowest BCUT2D eigenvalue weighted by atomic mass is 9.88. The molecule has 1 heterocycles. The summed E-state index contributed by atoms with van der Waals surface area (Å²) >= 11 is 0. The van der Waals surface area contributed by atoms with Crippen LogP contribution in [-0.4, -0.2) is 47.8 Å². The third-order valence-corrected chi connectivity index (χ3v) is 5.67. The summed E-state index contributed by atoms with van der Waals surface area (Å²) in [5, 5.41) is 5.71. The van der Waals surface area contributed by atoms with Gasteiger partial charge in [0.15, 0.2) is 0 Å². The smallest absolute Gasteiger partial charge is 0.251 e. The molecular weight excluding hydrogens is 409 g/mol. The van der Waals surface area contributed by atoms with Crippen molar-refractivity contribution in [1.82, 2.24) is 15.5 Å². The van der Waals surface area contributed by atoms with Crippen LogP contribution in [0.15, 0.2) is 54.6 Å². The lowest BCUT2D eigenvalue weighted by Gasteiger charge is -2.36. The predicted molar refractivity (Wildman–Crippen MR) is 120 cm³/mol. The second-order valence-electron chi connectivity index (χ2n) is 8.50. The number of hydrogen-bond acceptors (Lipinski definition) is 3. The van der Waals surface area contributed by atoms with Gasteiger partial charge < -0.3 is 15.5 Å². The Balaban J connectivity index is 1.64. The second kappa shape index (κ2) is 10.9. The van der Waals surface area contributed by atoms with Gasteiger partial charge in [0.2, 0.25) is 11.8 Å². The molecule has 7 heteroatoms. The van der Waals surface area contributed by atoms with Crippen molar-refractivity contribution in [2.75, 3.05) is 13.1 Å². The molecular formula is C25H30FN3O3. The normalized spacial score (nSPS) is 15.3. The van der Waals surface area contributed by atoms with E-state index in [0.717, 1.165) is 5.56 Å². The van der Waals surface area contributed by atoms with Crippen molar-refractivity contribution >= 4 is 17.7 Å². The van der Waals surface area contributed by atoms with Gasteiger partial charge in [0, 0.05) is 24.7 Å². The van der Waals surface area contributed by atoms with Gasteiger partial charge in [0.1, 0.15) is 11.9 Å². The van der Waals surface area contributed by atoms with E-state index in [1.165, 1.54) is 24.3 Å². The van der Waals surface area contributed by atoms with Gasteiger partial charge in [-0.05, 0) is 62.4 Å². The fourth-order valence-corrected chi connectivity index (χ4v) is 3.96.